The van der Waals surface area contributed by atoms with E-state index in [1.54, 1.807) is 7.11 Å². The highest BCUT2D eigenvalue weighted by Gasteiger charge is 2.39. The Hall–Kier alpha value is -2.80. The molecule has 4 aromatic rings. The van der Waals surface area contributed by atoms with Crippen molar-refractivity contribution < 1.29 is 13.2 Å². The standard InChI is InChI=1S/C28H29NO3S2/c1-20-14-17-24(18-15-20)33(30)21(2)28(3,23-11-6-5-7-12-23)29-34(31)27-25-13-9-8-10-22(25)16-19-26(27)32-4/h5-19,21,29H,1-4H3/t21-,28-,33+,34-/m1/s1. The van der Waals surface area contributed by atoms with E-state index < -0.39 is 27.3 Å². The van der Waals surface area contributed by atoms with Gasteiger partial charge in [-0.05, 0) is 49.9 Å². The molecule has 0 amide bonds. The lowest BCUT2D eigenvalue weighted by atomic mass is 9.90. The zero-order valence-corrected chi connectivity index (χ0v) is 21.4. The summed E-state index contributed by atoms with van der Waals surface area (Å²) < 4.78 is 36.6. The predicted octanol–water partition coefficient (Wildman–Crippen LogP) is 5.88. The van der Waals surface area contributed by atoms with E-state index in [-0.39, 0.29) is 5.25 Å². The van der Waals surface area contributed by atoms with Crippen LogP contribution in [0.25, 0.3) is 10.8 Å². The van der Waals surface area contributed by atoms with Gasteiger partial charge in [0.25, 0.3) is 0 Å². The van der Waals surface area contributed by atoms with Gasteiger partial charge in [-0.2, -0.15) is 0 Å². The molecule has 0 saturated heterocycles. The van der Waals surface area contributed by atoms with E-state index >= 15 is 0 Å². The smallest absolute Gasteiger partial charge is 0.137 e. The minimum atomic E-state index is -1.65. The Morgan fingerprint density at radius 3 is 2.18 bits per heavy atom. The van der Waals surface area contributed by atoms with E-state index in [4.69, 9.17) is 4.74 Å². The molecule has 0 spiro atoms. The molecule has 4 aromatic carbocycles. The second-order valence-corrected chi connectivity index (χ2v) is 11.4. The zero-order valence-electron chi connectivity index (χ0n) is 19.8. The number of methoxy groups -OCH3 is 1. The van der Waals surface area contributed by atoms with E-state index in [9.17, 15) is 8.42 Å². The zero-order chi connectivity index (χ0) is 24.3. The topological polar surface area (TPSA) is 55.4 Å². The van der Waals surface area contributed by atoms with Crippen molar-refractivity contribution in [3.05, 3.63) is 102 Å². The van der Waals surface area contributed by atoms with Crippen LogP contribution in [-0.2, 0) is 27.3 Å². The van der Waals surface area contributed by atoms with Gasteiger partial charge in [-0.3, -0.25) is 4.21 Å². The lowest BCUT2D eigenvalue weighted by Crippen LogP contribution is -2.50. The lowest BCUT2D eigenvalue weighted by molar-refractivity contribution is 0.402. The average molecular weight is 492 g/mol. The van der Waals surface area contributed by atoms with Crippen LogP contribution in [0, 0.1) is 6.92 Å². The number of ether oxygens (including phenoxy) is 1. The quantitative estimate of drug-likeness (QED) is 0.335. The molecule has 4 nitrogen and oxygen atoms in total. The second-order valence-electron chi connectivity index (χ2n) is 8.51. The Bertz CT molecular complexity index is 1340. The normalized spacial score (nSPS) is 15.9. The maximum Gasteiger partial charge on any atom is 0.137 e. The molecule has 6 heteroatoms. The van der Waals surface area contributed by atoms with Crippen LogP contribution in [0.15, 0.2) is 101 Å². The molecular formula is C28H29NO3S2. The summed E-state index contributed by atoms with van der Waals surface area (Å²) in [5.74, 6) is 0.548. The van der Waals surface area contributed by atoms with Gasteiger partial charge in [0.1, 0.15) is 21.6 Å². The Morgan fingerprint density at radius 2 is 1.50 bits per heavy atom. The molecule has 1 N–H and O–H groups in total. The van der Waals surface area contributed by atoms with E-state index in [2.05, 4.69) is 4.72 Å². The third-order valence-corrected chi connectivity index (χ3v) is 9.57. The number of hydrogen-bond donors (Lipinski definition) is 1. The van der Waals surface area contributed by atoms with Crippen LogP contribution in [0.4, 0.5) is 0 Å². The summed E-state index contributed by atoms with van der Waals surface area (Å²) >= 11 is 0. The van der Waals surface area contributed by atoms with Gasteiger partial charge in [0.2, 0.25) is 0 Å². The molecule has 0 heterocycles. The van der Waals surface area contributed by atoms with Crippen molar-refractivity contribution in [1.29, 1.82) is 0 Å². The van der Waals surface area contributed by atoms with Crippen LogP contribution in [0.3, 0.4) is 0 Å². The fourth-order valence-electron chi connectivity index (χ4n) is 4.07. The molecule has 0 unspecified atom stereocenters. The maximum absolute atomic E-state index is 14.0. The third kappa shape index (κ3) is 4.71. The highest BCUT2D eigenvalue weighted by Crippen LogP contribution is 2.35. The number of nitrogens with one attached hydrogen (secondary N) is 1. The number of fused-ring (bicyclic) bond motifs is 1. The fourth-order valence-corrected chi connectivity index (χ4v) is 7.08. The Labute approximate surface area is 206 Å². The van der Waals surface area contributed by atoms with Crippen LogP contribution in [-0.4, -0.2) is 20.8 Å². The van der Waals surface area contributed by atoms with Crippen LogP contribution in [0.2, 0.25) is 0 Å². The summed E-state index contributed by atoms with van der Waals surface area (Å²) in [6, 6.07) is 29.1. The summed E-state index contributed by atoms with van der Waals surface area (Å²) in [6.07, 6.45) is 0. The van der Waals surface area contributed by atoms with Crippen molar-refractivity contribution in [2.45, 2.75) is 41.4 Å². The summed E-state index contributed by atoms with van der Waals surface area (Å²) in [7, 11) is -1.41. The lowest BCUT2D eigenvalue weighted by Gasteiger charge is -2.36. The van der Waals surface area contributed by atoms with E-state index in [0.29, 0.717) is 10.6 Å². The first-order valence-corrected chi connectivity index (χ1v) is 13.5. The van der Waals surface area contributed by atoms with Gasteiger partial charge in [0, 0.05) is 10.3 Å². The monoisotopic (exact) mass is 491 g/mol. The molecule has 0 aromatic heterocycles. The molecule has 0 radical (unpaired) electrons. The summed E-state index contributed by atoms with van der Waals surface area (Å²) in [5, 5.41) is 1.45. The number of benzene rings is 4. The molecule has 0 aliphatic rings. The molecular weight excluding hydrogens is 462 g/mol. The minimum Gasteiger partial charge on any atom is -0.495 e. The van der Waals surface area contributed by atoms with Crippen LogP contribution in [0.5, 0.6) is 5.75 Å². The summed E-state index contributed by atoms with van der Waals surface area (Å²) in [6.45, 7) is 5.91. The molecule has 4 atom stereocenters. The minimum absolute atomic E-state index is 0.387. The van der Waals surface area contributed by atoms with E-state index in [1.165, 1.54) is 0 Å². The predicted molar refractivity (Wildman–Crippen MR) is 141 cm³/mol. The Kier molecular flexibility index (Phi) is 7.31. The van der Waals surface area contributed by atoms with Crippen molar-refractivity contribution in [3.8, 4) is 5.75 Å². The van der Waals surface area contributed by atoms with Crippen molar-refractivity contribution in [3.63, 3.8) is 0 Å². The van der Waals surface area contributed by atoms with Gasteiger partial charge in [-0.25, -0.2) is 8.93 Å². The fraction of sp³-hybridized carbons (Fsp3) is 0.214. The average Bonchev–Trinajstić information content (AvgIpc) is 2.87. The van der Waals surface area contributed by atoms with Gasteiger partial charge < -0.3 is 4.74 Å². The Balaban J connectivity index is 1.79. The summed E-state index contributed by atoms with van der Waals surface area (Å²) in [5.41, 5.74) is 1.17. The molecule has 0 saturated carbocycles. The molecule has 0 bridgehead atoms. The molecule has 4 rings (SSSR count). The van der Waals surface area contributed by atoms with Gasteiger partial charge in [-0.1, -0.05) is 78.4 Å². The van der Waals surface area contributed by atoms with Crippen LogP contribution in [0.1, 0.15) is 25.0 Å². The molecule has 176 valence electrons. The van der Waals surface area contributed by atoms with Crippen molar-refractivity contribution in [2.75, 3.05) is 7.11 Å². The number of aryl methyl sites for hydroxylation is 1. The number of hydrogen-bond acceptors (Lipinski definition) is 3. The Morgan fingerprint density at radius 1 is 0.853 bits per heavy atom. The van der Waals surface area contributed by atoms with E-state index in [0.717, 1.165) is 26.8 Å². The molecule has 0 fully saturated rings. The largest absolute Gasteiger partial charge is 0.495 e. The first kappa shape index (κ1) is 24.3. The van der Waals surface area contributed by atoms with Crippen LogP contribution < -0.4 is 9.46 Å². The molecule has 0 aliphatic carbocycles. The maximum atomic E-state index is 14.0. The van der Waals surface area contributed by atoms with Crippen molar-refractivity contribution >= 4 is 32.6 Å². The van der Waals surface area contributed by atoms with Gasteiger partial charge in [-0.15, -0.1) is 0 Å². The highest BCUT2D eigenvalue weighted by molar-refractivity contribution is 7.86. The first-order valence-electron chi connectivity index (χ1n) is 11.1. The molecule has 34 heavy (non-hydrogen) atoms. The van der Waals surface area contributed by atoms with Crippen molar-refractivity contribution in [2.24, 2.45) is 0 Å². The second kappa shape index (κ2) is 10.2. The van der Waals surface area contributed by atoms with Crippen LogP contribution >= 0.6 is 0 Å². The first-order chi connectivity index (χ1) is 16.3. The van der Waals surface area contributed by atoms with E-state index in [1.807, 2.05) is 112 Å². The van der Waals surface area contributed by atoms with Gasteiger partial charge in [0.15, 0.2) is 0 Å². The third-order valence-electron chi connectivity index (χ3n) is 6.31. The molecule has 0 aliphatic heterocycles. The van der Waals surface area contributed by atoms with Crippen molar-refractivity contribution in [1.82, 2.24) is 4.72 Å². The highest BCUT2D eigenvalue weighted by atomic mass is 32.2. The number of rotatable bonds is 8. The van der Waals surface area contributed by atoms with Gasteiger partial charge in [0.05, 0.1) is 28.7 Å². The van der Waals surface area contributed by atoms with Gasteiger partial charge >= 0.3 is 0 Å². The summed E-state index contributed by atoms with van der Waals surface area (Å²) in [4.78, 5) is 1.33. The SMILES string of the molecule is COc1ccc2ccccc2c1[S@@](=O)N[C@@](C)(c1ccccc1)[C@@H](C)[S@](=O)c1ccc(C)cc1.